The van der Waals surface area contributed by atoms with Gasteiger partial charge in [-0.25, -0.2) is 4.98 Å². The molecule has 1 fully saturated rings. The Morgan fingerprint density at radius 2 is 2.29 bits per heavy atom. The molecule has 118 valence electrons. The van der Waals surface area contributed by atoms with Crippen molar-refractivity contribution >= 4 is 17.4 Å². The zero-order chi connectivity index (χ0) is 15.5. The van der Waals surface area contributed by atoms with Gasteiger partial charge < -0.3 is 10.1 Å². The van der Waals surface area contributed by atoms with Gasteiger partial charge in [-0.15, -0.1) is 0 Å². The van der Waals surface area contributed by atoms with Crippen LogP contribution in [-0.2, 0) is 0 Å². The minimum Gasteiger partial charge on any atom is -0.467 e. The molecule has 0 radical (unpaired) electrons. The van der Waals surface area contributed by atoms with Crippen molar-refractivity contribution in [1.82, 2.24) is 14.9 Å². The van der Waals surface area contributed by atoms with Crippen molar-refractivity contribution in [2.24, 2.45) is 5.92 Å². The Morgan fingerprint density at radius 3 is 2.95 bits per heavy atom. The van der Waals surface area contributed by atoms with Gasteiger partial charge in [-0.3, -0.25) is 4.90 Å². The first-order valence-electron chi connectivity index (χ1n) is 6.47. The summed E-state index contributed by atoms with van der Waals surface area (Å²) in [5.74, 6) is 0.558. The number of nitrogens with zero attached hydrogens (tertiary/aromatic N) is 3. The van der Waals surface area contributed by atoms with E-state index >= 15 is 0 Å². The first kappa shape index (κ1) is 16.1. The van der Waals surface area contributed by atoms with Crippen LogP contribution < -0.4 is 10.1 Å². The van der Waals surface area contributed by atoms with Gasteiger partial charge in [0.25, 0.3) is 0 Å². The van der Waals surface area contributed by atoms with Gasteiger partial charge in [0.2, 0.25) is 0 Å². The van der Waals surface area contributed by atoms with E-state index in [2.05, 4.69) is 15.3 Å². The smallest absolute Gasteiger partial charge is 0.401 e. The number of likely N-dealkylation sites (tertiary alicyclic amines) is 1. The number of anilines is 1. The number of rotatable bonds is 5. The number of hydrogen-bond acceptors (Lipinski definition) is 5. The summed E-state index contributed by atoms with van der Waals surface area (Å²) in [7, 11) is 1.44. The Labute approximate surface area is 125 Å². The first-order chi connectivity index (χ1) is 9.87. The highest BCUT2D eigenvalue weighted by Crippen LogP contribution is 2.24. The monoisotopic (exact) mass is 324 g/mol. The van der Waals surface area contributed by atoms with E-state index in [1.54, 1.807) is 0 Å². The van der Waals surface area contributed by atoms with Gasteiger partial charge in [-0.1, -0.05) is 11.6 Å². The second kappa shape index (κ2) is 6.65. The normalized spacial score (nSPS) is 19.8. The van der Waals surface area contributed by atoms with Gasteiger partial charge >= 0.3 is 12.2 Å². The summed E-state index contributed by atoms with van der Waals surface area (Å²) in [6, 6.07) is 0.187. The number of aromatic nitrogens is 2. The molecule has 1 aromatic rings. The van der Waals surface area contributed by atoms with Crippen molar-refractivity contribution in [3.05, 3.63) is 11.2 Å². The van der Waals surface area contributed by atoms with E-state index in [4.69, 9.17) is 16.3 Å². The minimum absolute atomic E-state index is 0.129. The fourth-order valence-corrected chi connectivity index (χ4v) is 2.45. The zero-order valence-electron chi connectivity index (χ0n) is 11.5. The van der Waals surface area contributed by atoms with E-state index in [1.807, 2.05) is 0 Å². The van der Waals surface area contributed by atoms with Gasteiger partial charge in [0.05, 0.1) is 19.9 Å². The molecule has 0 bridgehead atoms. The lowest BCUT2D eigenvalue weighted by atomic mass is 10.1. The van der Waals surface area contributed by atoms with Crippen LogP contribution in [0.3, 0.4) is 0 Å². The van der Waals surface area contributed by atoms with Crippen molar-refractivity contribution in [1.29, 1.82) is 0 Å². The highest BCUT2D eigenvalue weighted by atomic mass is 35.5. The SMILES string of the molecule is COc1ncc(Cl)c(NC[C@@H]2CCN(CC(F)(F)F)C2)n1. The molecule has 0 aliphatic carbocycles. The van der Waals surface area contributed by atoms with Gasteiger partial charge in [0, 0.05) is 13.1 Å². The highest BCUT2D eigenvalue weighted by Gasteiger charge is 2.34. The Balaban J connectivity index is 1.84. The third-order valence-corrected chi connectivity index (χ3v) is 3.51. The molecule has 0 spiro atoms. The van der Waals surface area contributed by atoms with Crippen molar-refractivity contribution < 1.29 is 17.9 Å². The number of nitrogens with one attached hydrogen (secondary N) is 1. The quantitative estimate of drug-likeness (QED) is 0.901. The molecule has 1 aliphatic rings. The van der Waals surface area contributed by atoms with E-state index in [0.29, 0.717) is 36.9 Å². The van der Waals surface area contributed by atoms with E-state index in [0.717, 1.165) is 0 Å². The number of halogens is 4. The van der Waals surface area contributed by atoms with Crippen LogP contribution in [0.25, 0.3) is 0 Å². The summed E-state index contributed by atoms with van der Waals surface area (Å²) in [5, 5.41) is 3.39. The summed E-state index contributed by atoms with van der Waals surface area (Å²) in [4.78, 5) is 9.32. The standard InChI is InChI=1S/C12H16ClF3N4O/c1-21-11-18-5-9(13)10(19-11)17-4-8-2-3-20(6-8)7-12(14,15)16/h5,8H,2-4,6-7H2,1H3,(H,17,18,19)/t8-/m0/s1. The Hall–Kier alpha value is -1.28. The molecular weight excluding hydrogens is 309 g/mol. The third kappa shape index (κ3) is 4.89. The molecule has 1 saturated heterocycles. The van der Waals surface area contributed by atoms with Crippen LogP contribution in [0.5, 0.6) is 6.01 Å². The molecule has 2 heterocycles. The highest BCUT2D eigenvalue weighted by molar-refractivity contribution is 6.32. The molecule has 9 heteroatoms. The summed E-state index contributed by atoms with van der Waals surface area (Å²) in [5.41, 5.74) is 0. The maximum atomic E-state index is 12.3. The molecule has 0 aromatic carbocycles. The van der Waals surface area contributed by atoms with Crippen LogP contribution in [-0.4, -0.2) is 54.3 Å². The average Bonchev–Trinajstić information content (AvgIpc) is 2.83. The fourth-order valence-electron chi connectivity index (χ4n) is 2.29. The largest absolute Gasteiger partial charge is 0.467 e. The third-order valence-electron chi connectivity index (χ3n) is 3.24. The number of ether oxygens (including phenoxy) is 1. The van der Waals surface area contributed by atoms with E-state index in [1.165, 1.54) is 18.2 Å². The molecule has 2 rings (SSSR count). The minimum atomic E-state index is -4.15. The maximum Gasteiger partial charge on any atom is 0.401 e. The van der Waals surface area contributed by atoms with Crippen molar-refractivity contribution in [3.8, 4) is 6.01 Å². The zero-order valence-corrected chi connectivity index (χ0v) is 12.2. The summed E-state index contributed by atoms with van der Waals surface area (Å²) in [6.45, 7) is 0.513. The van der Waals surface area contributed by atoms with E-state index in [-0.39, 0.29) is 11.9 Å². The van der Waals surface area contributed by atoms with Gasteiger partial charge in [0.15, 0.2) is 5.82 Å². The van der Waals surface area contributed by atoms with Crippen molar-refractivity contribution in [2.75, 3.05) is 38.6 Å². The van der Waals surface area contributed by atoms with Crippen LogP contribution in [0.4, 0.5) is 19.0 Å². The Kier molecular flexibility index (Phi) is 5.10. The molecule has 21 heavy (non-hydrogen) atoms. The van der Waals surface area contributed by atoms with Crippen LogP contribution >= 0.6 is 11.6 Å². The fraction of sp³-hybridized carbons (Fsp3) is 0.667. The summed E-state index contributed by atoms with van der Waals surface area (Å²) >= 11 is 5.95. The van der Waals surface area contributed by atoms with Crippen LogP contribution in [0.15, 0.2) is 6.20 Å². The number of methoxy groups -OCH3 is 1. The Bertz CT molecular complexity index is 486. The molecule has 1 aliphatic heterocycles. The molecule has 0 unspecified atom stereocenters. The van der Waals surface area contributed by atoms with E-state index < -0.39 is 12.7 Å². The molecule has 0 amide bonds. The second-order valence-corrected chi connectivity index (χ2v) is 5.35. The van der Waals surface area contributed by atoms with Crippen LogP contribution in [0.2, 0.25) is 5.02 Å². The lowest BCUT2D eigenvalue weighted by molar-refractivity contribution is -0.143. The van der Waals surface area contributed by atoms with Gasteiger partial charge in [-0.05, 0) is 18.9 Å². The molecule has 1 N–H and O–H groups in total. The second-order valence-electron chi connectivity index (χ2n) is 4.94. The maximum absolute atomic E-state index is 12.3. The summed E-state index contributed by atoms with van der Waals surface area (Å²) < 4.78 is 41.8. The lowest BCUT2D eigenvalue weighted by Crippen LogP contribution is -2.33. The summed E-state index contributed by atoms with van der Waals surface area (Å²) in [6.07, 6.45) is -2.02. The van der Waals surface area contributed by atoms with Crippen molar-refractivity contribution in [2.45, 2.75) is 12.6 Å². The molecular formula is C12H16ClF3N4O. The number of alkyl halides is 3. The van der Waals surface area contributed by atoms with Crippen LogP contribution in [0, 0.1) is 5.92 Å². The van der Waals surface area contributed by atoms with Gasteiger partial charge in [-0.2, -0.15) is 18.2 Å². The number of hydrogen-bond donors (Lipinski definition) is 1. The van der Waals surface area contributed by atoms with Crippen molar-refractivity contribution in [3.63, 3.8) is 0 Å². The van der Waals surface area contributed by atoms with Crippen LogP contribution in [0.1, 0.15) is 6.42 Å². The predicted octanol–water partition coefficient (Wildman–Crippen LogP) is 2.43. The topological polar surface area (TPSA) is 50.3 Å². The molecule has 0 saturated carbocycles. The molecule has 1 atom stereocenters. The predicted molar refractivity (Wildman–Crippen MR) is 72.7 cm³/mol. The molecule has 5 nitrogen and oxygen atoms in total. The van der Waals surface area contributed by atoms with Gasteiger partial charge in [0.1, 0.15) is 5.02 Å². The Morgan fingerprint density at radius 1 is 1.52 bits per heavy atom. The average molecular weight is 325 g/mol. The molecule has 1 aromatic heterocycles. The first-order valence-corrected chi connectivity index (χ1v) is 6.84. The lowest BCUT2D eigenvalue weighted by Gasteiger charge is -2.18. The van der Waals surface area contributed by atoms with E-state index in [9.17, 15) is 13.2 Å².